The summed E-state index contributed by atoms with van der Waals surface area (Å²) in [6, 6.07) is 0. The van der Waals surface area contributed by atoms with Gasteiger partial charge in [0.15, 0.2) is 0 Å². The standard InChI is InChI=1S/C29H44O3/c1-18-19-9-12-28(6)23(26(19,4)11-10-22(18)30)8-7-20-21-17-25(2,3)13-15-29(21,24(31)32)16-14-27(20,28)5/h7,18-19,21,23H,8-17H2,1-6H3,(H,31,32)/t18-,19-,21-,23+,26-,27+,28+,29-/m1/s1. The minimum atomic E-state index is -0.559. The Morgan fingerprint density at radius 2 is 1.69 bits per heavy atom. The molecule has 32 heavy (non-hydrogen) atoms. The molecule has 0 saturated heterocycles. The molecule has 3 nitrogen and oxygen atoms in total. The van der Waals surface area contributed by atoms with Crippen LogP contribution in [0.2, 0.25) is 0 Å². The molecule has 8 atom stereocenters. The first kappa shape index (κ1) is 22.7. The number of hydrogen-bond acceptors (Lipinski definition) is 2. The summed E-state index contributed by atoms with van der Waals surface area (Å²) in [4.78, 5) is 25.3. The smallest absolute Gasteiger partial charge is 0.310 e. The second kappa shape index (κ2) is 6.72. The maximum atomic E-state index is 12.7. The van der Waals surface area contributed by atoms with E-state index in [0.29, 0.717) is 17.6 Å². The molecule has 0 bridgehead atoms. The van der Waals surface area contributed by atoms with Crippen molar-refractivity contribution in [3.05, 3.63) is 11.6 Å². The van der Waals surface area contributed by atoms with Crippen molar-refractivity contribution >= 4 is 11.8 Å². The lowest BCUT2D eigenvalue weighted by molar-refractivity contribution is -0.180. The molecule has 0 amide bonds. The van der Waals surface area contributed by atoms with Crippen LogP contribution in [-0.4, -0.2) is 16.9 Å². The molecular formula is C29H44O3. The fourth-order valence-corrected chi connectivity index (χ4v) is 10.0. The zero-order valence-corrected chi connectivity index (χ0v) is 21.2. The van der Waals surface area contributed by atoms with Crippen LogP contribution < -0.4 is 0 Å². The van der Waals surface area contributed by atoms with Gasteiger partial charge in [-0.25, -0.2) is 0 Å². The molecule has 0 aromatic rings. The van der Waals surface area contributed by atoms with Gasteiger partial charge in [-0.3, -0.25) is 9.59 Å². The fraction of sp³-hybridized carbons (Fsp3) is 0.862. The predicted molar refractivity (Wildman–Crippen MR) is 127 cm³/mol. The van der Waals surface area contributed by atoms with E-state index < -0.39 is 11.4 Å². The van der Waals surface area contributed by atoms with Gasteiger partial charge in [-0.15, -0.1) is 0 Å². The molecule has 0 heterocycles. The normalized spacial score (nSPS) is 52.1. The van der Waals surface area contributed by atoms with Gasteiger partial charge in [0.1, 0.15) is 5.78 Å². The summed E-state index contributed by atoms with van der Waals surface area (Å²) in [5.41, 5.74) is 1.64. The van der Waals surface area contributed by atoms with Crippen LogP contribution in [0.4, 0.5) is 0 Å². The lowest BCUT2D eigenvalue weighted by Gasteiger charge is -2.69. The highest BCUT2D eigenvalue weighted by Crippen LogP contribution is 2.74. The fourth-order valence-electron chi connectivity index (χ4n) is 10.0. The Hall–Kier alpha value is -1.12. The number of carboxylic acid groups (broad SMARTS) is 1. The van der Waals surface area contributed by atoms with Crippen molar-refractivity contribution in [3.63, 3.8) is 0 Å². The summed E-state index contributed by atoms with van der Waals surface area (Å²) < 4.78 is 0. The van der Waals surface area contributed by atoms with Crippen LogP contribution in [0.15, 0.2) is 11.6 Å². The number of allylic oxidation sites excluding steroid dienone is 2. The Bertz CT molecular complexity index is 885. The minimum Gasteiger partial charge on any atom is -0.481 e. The van der Waals surface area contributed by atoms with Crippen LogP contribution in [0.25, 0.3) is 0 Å². The SMILES string of the molecule is C[C@H]1C(=O)CC[C@]2(C)[C@@H]1CC[C@@]1(C)[C@H]2CC=C2[C@H]3CC(C)(C)CC[C@@]3(C(=O)O)CC[C@@]21C. The van der Waals surface area contributed by atoms with Gasteiger partial charge in [0.05, 0.1) is 5.41 Å². The number of hydrogen-bond donors (Lipinski definition) is 1. The average molecular weight is 441 g/mol. The summed E-state index contributed by atoms with van der Waals surface area (Å²) >= 11 is 0. The Morgan fingerprint density at radius 1 is 1.00 bits per heavy atom. The molecule has 5 aliphatic carbocycles. The van der Waals surface area contributed by atoms with Crippen molar-refractivity contribution in [1.29, 1.82) is 0 Å². The van der Waals surface area contributed by atoms with E-state index in [0.717, 1.165) is 57.8 Å². The summed E-state index contributed by atoms with van der Waals surface area (Å²) in [5.74, 6) is 1.40. The van der Waals surface area contributed by atoms with Gasteiger partial charge in [-0.1, -0.05) is 53.2 Å². The molecule has 1 N–H and O–H groups in total. The third-order valence-corrected chi connectivity index (χ3v) is 12.4. The van der Waals surface area contributed by atoms with E-state index in [1.54, 1.807) is 0 Å². The Labute approximate surface area is 194 Å². The maximum Gasteiger partial charge on any atom is 0.310 e. The highest BCUT2D eigenvalue weighted by molar-refractivity contribution is 5.82. The van der Waals surface area contributed by atoms with Gasteiger partial charge in [-0.05, 0) is 97.2 Å². The zero-order chi connectivity index (χ0) is 23.3. The van der Waals surface area contributed by atoms with Crippen molar-refractivity contribution in [2.45, 2.75) is 106 Å². The quantitative estimate of drug-likeness (QED) is 0.444. The second-order valence-electron chi connectivity index (χ2n) is 14.0. The molecule has 5 aliphatic rings. The first-order valence-electron chi connectivity index (χ1n) is 13.3. The van der Waals surface area contributed by atoms with Crippen LogP contribution in [0.1, 0.15) is 106 Å². The first-order chi connectivity index (χ1) is 14.8. The maximum absolute atomic E-state index is 12.7. The predicted octanol–water partition coefficient (Wildman–Crippen LogP) is 7.05. The molecular weight excluding hydrogens is 396 g/mol. The zero-order valence-electron chi connectivity index (χ0n) is 21.2. The lowest BCUT2D eigenvalue weighted by atomic mass is 9.34. The molecule has 0 aromatic carbocycles. The highest BCUT2D eigenvalue weighted by atomic mass is 16.4. The number of Topliss-reactive ketones (excluding diaryl/α,β-unsaturated/α-hetero) is 1. The largest absolute Gasteiger partial charge is 0.481 e. The van der Waals surface area contributed by atoms with Crippen LogP contribution >= 0.6 is 0 Å². The number of ketones is 1. The van der Waals surface area contributed by atoms with E-state index in [1.807, 2.05) is 0 Å². The molecule has 0 unspecified atom stereocenters. The Balaban J connectivity index is 1.60. The van der Waals surface area contributed by atoms with Gasteiger partial charge < -0.3 is 5.11 Å². The summed E-state index contributed by atoms with van der Waals surface area (Å²) in [7, 11) is 0. The Morgan fingerprint density at radius 3 is 2.38 bits per heavy atom. The number of fused-ring (bicyclic) bond motifs is 7. The van der Waals surface area contributed by atoms with E-state index in [9.17, 15) is 14.7 Å². The molecule has 0 spiro atoms. The van der Waals surface area contributed by atoms with Crippen LogP contribution in [-0.2, 0) is 9.59 Å². The monoisotopic (exact) mass is 440 g/mol. The Kier molecular flexibility index (Phi) is 4.76. The van der Waals surface area contributed by atoms with E-state index in [4.69, 9.17) is 0 Å². The van der Waals surface area contributed by atoms with Crippen molar-refractivity contribution in [1.82, 2.24) is 0 Å². The van der Waals surface area contributed by atoms with Gasteiger partial charge in [0.25, 0.3) is 0 Å². The molecule has 0 aromatic heterocycles. The third kappa shape index (κ3) is 2.66. The average Bonchev–Trinajstić information content (AvgIpc) is 2.71. The molecule has 4 fully saturated rings. The number of carbonyl (C=O) groups is 2. The molecule has 0 aliphatic heterocycles. The summed E-state index contributed by atoms with van der Waals surface area (Å²) in [6.45, 7) is 14.4. The first-order valence-corrected chi connectivity index (χ1v) is 13.3. The lowest BCUT2D eigenvalue weighted by Crippen LogP contribution is -2.63. The van der Waals surface area contributed by atoms with Gasteiger partial charge in [0, 0.05) is 12.3 Å². The minimum absolute atomic E-state index is 0.0750. The highest BCUT2D eigenvalue weighted by Gasteiger charge is 2.68. The van der Waals surface area contributed by atoms with Crippen molar-refractivity contribution < 1.29 is 14.7 Å². The molecule has 5 rings (SSSR count). The van der Waals surface area contributed by atoms with Crippen LogP contribution in [0.5, 0.6) is 0 Å². The third-order valence-electron chi connectivity index (χ3n) is 12.4. The number of rotatable bonds is 1. The van der Waals surface area contributed by atoms with Gasteiger partial charge in [0.2, 0.25) is 0 Å². The number of carbonyl (C=O) groups excluding carboxylic acids is 1. The van der Waals surface area contributed by atoms with E-state index in [2.05, 4.69) is 47.6 Å². The molecule has 178 valence electrons. The molecule has 4 saturated carbocycles. The number of aliphatic carboxylic acids is 1. The topological polar surface area (TPSA) is 54.4 Å². The van der Waals surface area contributed by atoms with Gasteiger partial charge in [-0.2, -0.15) is 0 Å². The van der Waals surface area contributed by atoms with Crippen molar-refractivity contribution in [3.8, 4) is 0 Å². The van der Waals surface area contributed by atoms with E-state index in [-0.39, 0.29) is 33.5 Å². The second-order valence-corrected chi connectivity index (χ2v) is 14.0. The summed E-state index contributed by atoms with van der Waals surface area (Å²) in [5, 5.41) is 10.5. The van der Waals surface area contributed by atoms with Crippen molar-refractivity contribution in [2.24, 2.45) is 50.7 Å². The summed E-state index contributed by atoms with van der Waals surface area (Å²) in [6.07, 6.45) is 12.4. The van der Waals surface area contributed by atoms with Crippen molar-refractivity contribution in [2.75, 3.05) is 0 Å². The van der Waals surface area contributed by atoms with E-state index >= 15 is 0 Å². The molecule has 3 heteroatoms. The molecule has 0 radical (unpaired) electrons. The van der Waals surface area contributed by atoms with Crippen LogP contribution in [0, 0.1) is 50.7 Å². The van der Waals surface area contributed by atoms with E-state index in [1.165, 1.54) is 12.0 Å². The van der Waals surface area contributed by atoms with Crippen LogP contribution in [0.3, 0.4) is 0 Å². The van der Waals surface area contributed by atoms with Gasteiger partial charge >= 0.3 is 5.97 Å². The number of carboxylic acids is 1.